The molecule has 2 aliphatic rings. The Kier molecular flexibility index (Phi) is 5.22. The van der Waals surface area contributed by atoms with Crippen LogP contribution in [0.25, 0.3) is 0 Å². The van der Waals surface area contributed by atoms with Gasteiger partial charge in [0.25, 0.3) is 6.43 Å². The summed E-state index contributed by atoms with van der Waals surface area (Å²) in [6, 6.07) is 14.5. The van der Waals surface area contributed by atoms with Gasteiger partial charge in [0.05, 0.1) is 12.3 Å². The summed E-state index contributed by atoms with van der Waals surface area (Å²) in [5.41, 5.74) is 6.35. The van der Waals surface area contributed by atoms with Crippen LogP contribution in [0.15, 0.2) is 52.7 Å². The summed E-state index contributed by atoms with van der Waals surface area (Å²) < 4.78 is 27.7. The van der Waals surface area contributed by atoms with E-state index >= 15 is 0 Å². The van der Waals surface area contributed by atoms with E-state index in [9.17, 15) is 8.78 Å². The van der Waals surface area contributed by atoms with Crippen LogP contribution in [0.1, 0.15) is 28.7 Å². The standard InChI is InChI=1S/C20H20F2N4S/c1-27-26(17-7-6-15-10-23-11-16(15)8-17)12-13-2-4-14(5-3-13)18-9-19(20(21)22)25-24-18/h2-8,20,23H,9-12H2,1H3. The number of halogens is 2. The van der Waals surface area contributed by atoms with E-state index in [1.165, 1.54) is 16.8 Å². The third-order valence-corrected chi connectivity index (χ3v) is 5.62. The van der Waals surface area contributed by atoms with Crippen LogP contribution in [0, 0.1) is 0 Å². The molecule has 2 heterocycles. The quantitative estimate of drug-likeness (QED) is 0.749. The van der Waals surface area contributed by atoms with Crippen molar-refractivity contribution in [2.45, 2.75) is 32.5 Å². The van der Waals surface area contributed by atoms with E-state index in [-0.39, 0.29) is 12.1 Å². The van der Waals surface area contributed by atoms with Crippen LogP contribution in [0.5, 0.6) is 0 Å². The van der Waals surface area contributed by atoms with E-state index in [0.29, 0.717) is 5.71 Å². The minimum Gasteiger partial charge on any atom is -0.312 e. The zero-order valence-corrected chi connectivity index (χ0v) is 15.8. The van der Waals surface area contributed by atoms with E-state index in [0.717, 1.165) is 30.8 Å². The molecule has 2 aliphatic heterocycles. The number of benzene rings is 2. The Labute approximate surface area is 161 Å². The molecule has 7 heteroatoms. The van der Waals surface area contributed by atoms with E-state index in [4.69, 9.17) is 0 Å². The van der Waals surface area contributed by atoms with Gasteiger partial charge in [0, 0.05) is 31.5 Å². The van der Waals surface area contributed by atoms with Gasteiger partial charge in [-0.05, 0) is 34.4 Å². The number of anilines is 1. The monoisotopic (exact) mass is 386 g/mol. The summed E-state index contributed by atoms with van der Waals surface area (Å²) in [7, 11) is 0. The predicted molar refractivity (Wildman–Crippen MR) is 108 cm³/mol. The fourth-order valence-corrected chi connectivity index (χ4v) is 3.92. The maximum atomic E-state index is 12.7. The molecule has 0 aromatic heterocycles. The minimum atomic E-state index is -2.54. The van der Waals surface area contributed by atoms with Gasteiger partial charge in [-0.25, -0.2) is 8.78 Å². The molecule has 2 aromatic rings. The largest absolute Gasteiger partial charge is 0.312 e. The van der Waals surface area contributed by atoms with Gasteiger partial charge in [-0.15, -0.1) is 0 Å². The molecule has 0 saturated carbocycles. The highest BCUT2D eigenvalue weighted by molar-refractivity contribution is 7.99. The third-order valence-electron chi connectivity index (χ3n) is 4.84. The summed E-state index contributed by atoms with van der Waals surface area (Å²) in [6.45, 7) is 2.63. The first-order chi connectivity index (χ1) is 13.1. The van der Waals surface area contributed by atoms with Crippen molar-refractivity contribution < 1.29 is 8.78 Å². The molecule has 4 rings (SSSR count). The molecule has 0 spiro atoms. The van der Waals surface area contributed by atoms with Gasteiger partial charge in [-0.3, -0.25) is 0 Å². The van der Waals surface area contributed by atoms with Crippen molar-refractivity contribution in [3.8, 4) is 0 Å². The van der Waals surface area contributed by atoms with Crippen molar-refractivity contribution in [3.05, 3.63) is 64.7 Å². The molecule has 0 bridgehead atoms. The lowest BCUT2D eigenvalue weighted by Crippen LogP contribution is -2.14. The molecular formula is C20H20F2N4S. The summed E-state index contributed by atoms with van der Waals surface area (Å²) in [5, 5.41) is 10.9. The van der Waals surface area contributed by atoms with Crippen LogP contribution in [0.4, 0.5) is 14.5 Å². The number of fused-ring (bicyclic) bond motifs is 1. The Hall–Kier alpha value is -2.25. The first-order valence-corrected chi connectivity index (χ1v) is 9.97. The zero-order chi connectivity index (χ0) is 18.8. The van der Waals surface area contributed by atoms with Crippen LogP contribution in [0.2, 0.25) is 0 Å². The molecule has 4 nitrogen and oxygen atoms in total. The lowest BCUT2D eigenvalue weighted by molar-refractivity contribution is 0.224. The van der Waals surface area contributed by atoms with Crippen molar-refractivity contribution in [2.75, 3.05) is 10.6 Å². The van der Waals surface area contributed by atoms with E-state index in [1.807, 2.05) is 24.3 Å². The van der Waals surface area contributed by atoms with Crippen molar-refractivity contribution in [1.82, 2.24) is 5.32 Å². The second-order valence-corrected chi connectivity index (χ2v) is 7.39. The molecule has 1 N–H and O–H groups in total. The number of hydrogen-bond donors (Lipinski definition) is 1. The van der Waals surface area contributed by atoms with Crippen molar-refractivity contribution in [3.63, 3.8) is 0 Å². The Morgan fingerprint density at radius 3 is 2.56 bits per heavy atom. The second kappa shape index (κ2) is 7.78. The average Bonchev–Trinajstić information content (AvgIpc) is 3.35. The number of nitrogens with zero attached hydrogens (tertiary/aromatic N) is 3. The first-order valence-electron chi connectivity index (χ1n) is 8.79. The molecule has 0 amide bonds. The second-order valence-electron chi connectivity index (χ2n) is 6.59. The highest BCUT2D eigenvalue weighted by Gasteiger charge is 2.21. The SMILES string of the molecule is CSN(Cc1ccc(C2=NN=C(C(F)F)C2)cc1)c1ccc2c(c1)CNC2. The Bertz CT molecular complexity index is 893. The molecule has 0 radical (unpaired) electrons. The number of rotatable bonds is 6. The van der Waals surface area contributed by atoms with Crippen LogP contribution in [0.3, 0.4) is 0 Å². The normalized spacial score (nSPS) is 15.7. The number of nitrogens with one attached hydrogen (secondary N) is 1. The van der Waals surface area contributed by atoms with Crippen LogP contribution in [-0.4, -0.2) is 24.1 Å². The summed E-state index contributed by atoms with van der Waals surface area (Å²) >= 11 is 1.68. The summed E-state index contributed by atoms with van der Waals surface area (Å²) in [6.07, 6.45) is -0.351. The number of alkyl halides is 2. The van der Waals surface area contributed by atoms with Gasteiger partial charge in [0.1, 0.15) is 5.71 Å². The maximum absolute atomic E-state index is 12.7. The molecule has 0 unspecified atom stereocenters. The zero-order valence-electron chi connectivity index (χ0n) is 15.0. The maximum Gasteiger partial charge on any atom is 0.278 e. The van der Waals surface area contributed by atoms with Gasteiger partial charge in [0.2, 0.25) is 0 Å². The van der Waals surface area contributed by atoms with Gasteiger partial charge in [0.15, 0.2) is 0 Å². The molecule has 27 heavy (non-hydrogen) atoms. The highest BCUT2D eigenvalue weighted by atomic mass is 32.2. The third kappa shape index (κ3) is 3.89. The molecule has 140 valence electrons. The molecule has 0 atom stereocenters. The van der Waals surface area contributed by atoms with Crippen LogP contribution < -0.4 is 9.62 Å². The Balaban J connectivity index is 1.45. The summed E-state index contributed by atoms with van der Waals surface area (Å²) in [5.74, 6) is 0. The lowest BCUT2D eigenvalue weighted by Gasteiger charge is -2.22. The molecule has 0 saturated heterocycles. The van der Waals surface area contributed by atoms with Gasteiger partial charge < -0.3 is 9.62 Å². The smallest absolute Gasteiger partial charge is 0.278 e. The van der Waals surface area contributed by atoms with Gasteiger partial charge >= 0.3 is 0 Å². The predicted octanol–water partition coefficient (Wildman–Crippen LogP) is 4.39. The van der Waals surface area contributed by atoms with E-state index in [1.54, 1.807) is 11.9 Å². The highest BCUT2D eigenvalue weighted by Crippen LogP contribution is 2.28. The average molecular weight is 386 g/mol. The first kappa shape index (κ1) is 18.1. The van der Waals surface area contributed by atoms with E-state index < -0.39 is 6.43 Å². The van der Waals surface area contributed by atoms with E-state index in [2.05, 4.69) is 44.3 Å². The topological polar surface area (TPSA) is 40.0 Å². The Morgan fingerprint density at radius 1 is 1.07 bits per heavy atom. The van der Waals surface area contributed by atoms with Crippen molar-refractivity contribution >= 4 is 29.1 Å². The molecule has 0 aliphatic carbocycles. The van der Waals surface area contributed by atoms with Crippen LogP contribution >= 0.6 is 11.9 Å². The van der Waals surface area contributed by atoms with Crippen molar-refractivity contribution in [1.29, 1.82) is 0 Å². The van der Waals surface area contributed by atoms with Crippen molar-refractivity contribution in [2.24, 2.45) is 10.2 Å². The fraction of sp³-hybridized carbons (Fsp3) is 0.300. The summed E-state index contributed by atoms with van der Waals surface area (Å²) in [4.78, 5) is 0. The fourth-order valence-electron chi connectivity index (χ4n) is 3.31. The number of hydrogen-bond acceptors (Lipinski definition) is 5. The van der Waals surface area contributed by atoms with Gasteiger partial charge in [-0.1, -0.05) is 42.3 Å². The Morgan fingerprint density at radius 2 is 1.85 bits per heavy atom. The van der Waals surface area contributed by atoms with Crippen LogP contribution in [-0.2, 0) is 19.6 Å². The molecule has 2 aromatic carbocycles. The lowest BCUT2D eigenvalue weighted by atomic mass is 10.0. The molecular weight excluding hydrogens is 366 g/mol. The van der Waals surface area contributed by atoms with Gasteiger partial charge in [-0.2, -0.15) is 10.2 Å². The minimum absolute atomic E-state index is 0.122. The molecule has 0 fully saturated rings.